The Hall–Kier alpha value is -3.59. The van der Waals surface area contributed by atoms with Crippen LogP contribution in [0.3, 0.4) is 0 Å². The van der Waals surface area contributed by atoms with Gasteiger partial charge in [0.15, 0.2) is 6.10 Å². The predicted molar refractivity (Wildman–Crippen MR) is 240 cm³/mol. The highest BCUT2D eigenvalue weighted by Crippen LogP contribution is 2.38. The Morgan fingerprint density at radius 3 is 1.28 bits per heavy atom. The topological polar surface area (TPSA) is 111 Å². The maximum Gasteiger partial charge on any atom is 0.306 e. The first kappa shape index (κ1) is 54.4. The monoisotopic (exact) mass is 826 g/mol. The number of quaternary nitrogens is 1. The SMILES string of the molecule is CCC=CCC=CCC=CCC=CCC=CCCCC(=O)OCC(COP(=O)([O-])OCC[N+](C)(C)C)OC(=O)CCCC=CCC=CCC=CCC=CCC=CCC. The molecule has 0 aliphatic heterocycles. The van der Waals surface area contributed by atoms with Crippen molar-refractivity contribution in [1.82, 2.24) is 0 Å². The molecule has 326 valence electrons. The van der Waals surface area contributed by atoms with Gasteiger partial charge < -0.3 is 27.9 Å². The number of hydrogen-bond acceptors (Lipinski definition) is 8. The van der Waals surface area contributed by atoms with Crippen LogP contribution >= 0.6 is 7.82 Å². The largest absolute Gasteiger partial charge is 0.756 e. The Morgan fingerprint density at radius 1 is 0.534 bits per heavy atom. The van der Waals surface area contributed by atoms with Crippen LogP contribution in [-0.4, -0.2) is 70.0 Å². The lowest BCUT2D eigenvalue weighted by atomic mass is 10.2. The summed E-state index contributed by atoms with van der Waals surface area (Å²) in [5.74, 6) is -0.988. The predicted octanol–water partition coefficient (Wildman–Crippen LogP) is 11.5. The van der Waals surface area contributed by atoms with Crippen LogP contribution in [0.1, 0.15) is 117 Å². The number of unbranched alkanes of at least 4 members (excludes halogenated alkanes) is 2. The molecule has 0 aromatic heterocycles. The van der Waals surface area contributed by atoms with E-state index >= 15 is 0 Å². The molecule has 0 saturated carbocycles. The molecule has 0 aromatic rings. The van der Waals surface area contributed by atoms with Crippen LogP contribution < -0.4 is 4.89 Å². The molecule has 2 unspecified atom stereocenters. The van der Waals surface area contributed by atoms with Gasteiger partial charge in [-0.1, -0.05) is 135 Å². The van der Waals surface area contributed by atoms with Crippen molar-refractivity contribution in [3.63, 3.8) is 0 Å². The lowest BCUT2D eigenvalue weighted by Crippen LogP contribution is -2.37. The van der Waals surface area contributed by atoms with Crippen molar-refractivity contribution in [1.29, 1.82) is 0 Å². The molecule has 58 heavy (non-hydrogen) atoms. The van der Waals surface area contributed by atoms with Crippen LogP contribution in [0.25, 0.3) is 0 Å². The first-order valence-corrected chi connectivity index (χ1v) is 22.7. The Kier molecular flexibility index (Phi) is 36.5. The minimum atomic E-state index is -4.66. The average molecular weight is 826 g/mol. The smallest absolute Gasteiger partial charge is 0.306 e. The van der Waals surface area contributed by atoms with Crippen molar-refractivity contribution in [2.75, 3.05) is 47.5 Å². The van der Waals surface area contributed by atoms with E-state index in [0.717, 1.165) is 64.2 Å². The standard InChI is InChI=1S/C48H76NO8P/c1-6-8-10-12-14-16-18-20-22-24-26-28-30-32-34-36-38-40-47(50)54-44-46(45-56-58(52,53)55-43-42-49(3,4)5)57-48(51)41-39-37-35-33-31-29-27-25-23-21-19-17-15-13-11-9-7-2/h8-11,14-17,20-23,26-29,32-35,46H,6-7,12-13,18-19,24-25,30-31,36-45H2,1-5H3. The summed E-state index contributed by atoms with van der Waals surface area (Å²) in [5, 5.41) is 0. The Labute approximate surface area is 352 Å². The van der Waals surface area contributed by atoms with E-state index in [0.29, 0.717) is 36.7 Å². The van der Waals surface area contributed by atoms with Crippen LogP contribution in [0, 0.1) is 0 Å². The number of allylic oxidation sites excluding steroid dienone is 20. The number of phosphoric acid groups is 1. The number of hydrogen-bond donors (Lipinski definition) is 0. The summed E-state index contributed by atoms with van der Waals surface area (Å²) in [6, 6.07) is 0. The van der Waals surface area contributed by atoms with Crippen LogP contribution in [0.4, 0.5) is 0 Å². The van der Waals surface area contributed by atoms with Crippen LogP contribution in [0.15, 0.2) is 122 Å². The van der Waals surface area contributed by atoms with Crippen LogP contribution in [0.2, 0.25) is 0 Å². The second-order valence-electron chi connectivity index (χ2n) is 14.6. The van der Waals surface area contributed by atoms with Gasteiger partial charge in [0.05, 0.1) is 27.7 Å². The maximum atomic E-state index is 12.6. The van der Waals surface area contributed by atoms with E-state index in [1.165, 1.54) is 0 Å². The second kappa shape index (κ2) is 38.9. The molecule has 0 aromatic carbocycles. The summed E-state index contributed by atoms with van der Waals surface area (Å²) in [7, 11) is 1.07. The maximum absolute atomic E-state index is 12.6. The van der Waals surface area contributed by atoms with Gasteiger partial charge in [0.25, 0.3) is 7.82 Å². The lowest BCUT2D eigenvalue weighted by Gasteiger charge is -2.28. The third-order valence-corrected chi connectivity index (χ3v) is 8.94. The molecule has 0 fully saturated rings. The Balaban J connectivity index is 4.61. The molecule has 0 spiro atoms. The quantitative estimate of drug-likeness (QED) is 0.0202. The molecule has 0 bridgehead atoms. The molecule has 10 heteroatoms. The average Bonchev–Trinajstić information content (AvgIpc) is 3.17. The molecule has 0 aliphatic rings. The number of rotatable bonds is 36. The molecule has 0 heterocycles. The van der Waals surface area contributed by atoms with Gasteiger partial charge in [0, 0.05) is 12.8 Å². The fraction of sp³-hybridized carbons (Fsp3) is 0.542. The van der Waals surface area contributed by atoms with Gasteiger partial charge in [-0.15, -0.1) is 0 Å². The number of esters is 2. The lowest BCUT2D eigenvalue weighted by molar-refractivity contribution is -0.870. The van der Waals surface area contributed by atoms with Crippen molar-refractivity contribution in [2.45, 2.75) is 123 Å². The molecule has 0 radical (unpaired) electrons. The van der Waals surface area contributed by atoms with Gasteiger partial charge in [0.2, 0.25) is 0 Å². The van der Waals surface area contributed by atoms with Gasteiger partial charge in [-0.3, -0.25) is 14.2 Å². The molecular formula is C48H76NO8P. The van der Waals surface area contributed by atoms with Crippen molar-refractivity contribution in [3.8, 4) is 0 Å². The van der Waals surface area contributed by atoms with Gasteiger partial charge >= 0.3 is 11.9 Å². The van der Waals surface area contributed by atoms with E-state index in [9.17, 15) is 19.0 Å². The summed E-state index contributed by atoms with van der Waals surface area (Å²) < 4.78 is 33.7. The third-order valence-electron chi connectivity index (χ3n) is 7.98. The number of nitrogens with zero attached hydrogens (tertiary/aromatic N) is 1. The zero-order valence-electron chi connectivity index (χ0n) is 36.4. The molecule has 0 rings (SSSR count). The molecule has 0 N–H and O–H groups in total. The second-order valence-corrected chi connectivity index (χ2v) is 16.0. The number of carbonyl (C=O) groups excluding carboxylic acids is 2. The highest BCUT2D eigenvalue weighted by molar-refractivity contribution is 7.45. The molecule has 0 saturated heterocycles. The first-order valence-electron chi connectivity index (χ1n) is 21.2. The van der Waals surface area contributed by atoms with Crippen LogP contribution in [-0.2, 0) is 32.7 Å². The number of carbonyl (C=O) groups is 2. The summed E-state index contributed by atoms with van der Waals surface area (Å²) in [6.45, 7) is 3.82. The summed E-state index contributed by atoms with van der Waals surface area (Å²) in [4.78, 5) is 37.5. The summed E-state index contributed by atoms with van der Waals surface area (Å²) in [5.41, 5.74) is 0. The fourth-order valence-corrected chi connectivity index (χ4v) is 5.45. The van der Waals surface area contributed by atoms with Crippen LogP contribution in [0.5, 0.6) is 0 Å². The molecule has 9 nitrogen and oxygen atoms in total. The summed E-state index contributed by atoms with van der Waals surface area (Å²) >= 11 is 0. The van der Waals surface area contributed by atoms with E-state index in [4.69, 9.17) is 18.5 Å². The Morgan fingerprint density at radius 2 is 0.897 bits per heavy atom. The van der Waals surface area contributed by atoms with E-state index in [-0.39, 0.29) is 26.1 Å². The van der Waals surface area contributed by atoms with Gasteiger partial charge in [-0.05, 0) is 89.9 Å². The normalized spacial score (nSPS) is 14.8. The summed E-state index contributed by atoms with van der Waals surface area (Å²) in [6.07, 6.45) is 53.9. The Bertz CT molecular complexity index is 1390. The van der Waals surface area contributed by atoms with Crippen molar-refractivity contribution >= 4 is 19.8 Å². The highest BCUT2D eigenvalue weighted by atomic mass is 31.2. The molecule has 2 atom stereocenters. The molecule has 0 aliphatic carbocycles. The minimum absolute atomic E-state index is 0.0581. The number of ether oxygens (including phenoxy) is 2. The van der Waals surface area contributed by atoms with Crippen molar-refractivity contribution in [3.05, 3.63) is 122 Å². The zero-order chi connectivity index (χ0) is 42.8. The highest BCUT2D eigenvalue weighted by Gasteiger charge is 2.21. The van der Waals surface area contributed by atoms with Gasteiger partial charge in [-0.25, -0.2) is 0 Å². The number of likely N-dealkylation sites (N-methyl/N-ethyl adjacent to an activating group) is 1. The van der Waals surface area contributed by atoms with E-state index in [1.807, 2.05) is 33.3 Å². The molecular weight excluding hydrogens is 750 g/mol. The zero-order valence-corrected chi connectivity index (χ0v) is 37.3. The van der Waals surface area contributed by atoms with Gasteiger partial charge in [-0.2, -0.15) is 0 Å². The third kappa shape index (κ3) is 42.0. The van der Waals surface area contributed by atoms with E-state index in [1.54, 1.807) is 0 Å². The fourth-order valence-electron chi connectivity index (χ4n) is 4.72. The number of phosphoric ester groups is 1. The molecule has 0 amide bonds. The van der Waals surface area contributed by atoms with E-state index < -0.39 is 32.5 Å². The van der Waals surface area contributed by atoms with Crippen molar-refractivity contribution < 1.29 is 42.1 Å². The van der Waals surface area contributed by atoms with Gasteiger partial charge in [0.1, 0.15) is 19.8 Å². The van der Waals surface area contributed by atoms with Crippen molar-refractivity contribution in [2.24, 2.45) is 0 Å². The minimum Gasteiger partial charge on any atom is -0.756 e. The van der Waals surface area contributed by atoms with E-state index in [2.05, 4.69) is 123 Å². The first-order chi connectivity index (χ1) is 28.0.